The molecule has 7 heteroatoms. The summed E-state index contributed by atoms with van der Waals surface area (Å²) in [6.45, 7) is 1.54. The molecule has 0 unspecified atom stereocenters. The lowest BCUT2D eigenvalue weighted by Gasteiger charge is -2.44. The van der Waals surface area contributed by atoms with Crippen LogP contribution in [0.25, 0.3) is 5.57 Å². The Labute approximate surface area is 144 Å². The lowest BCUT2D eigenvalue weighted by atomic mass is 9.82. The van der Waals surface area contributed by atoms with Crippen molar-refractivity contribution in [3.8, 4) is 0 Å². The van der Waals surface area contributed by atoms with Crippen molar-refractivity contribution in [3.05, 3.63) is 41.1 Å². The fourth-order valence-corrected chi connectivity index (χ4v) is 3.67. The minimum Gasteiger partial charge on any atom is -0.477 e. The van der Waals surface area contributed by atoms with Crippen LogP contribution in [0.1, 0.15) is 24.5 Å². The van der Waals surface area contributed by atoms with E-state index in [1.165, 1.54) is 4.90 Å². The number of carbonyl (C=O) groups excluding carboxylic acids is 2. The molecule has 2 heterocycles. The van der Waals surface area contributed by atoms with Gasteiger partial charge in [0.05, 0.1) is 24.5 Å². The number of nitrogens with one attached hydrogen (secondary N) is 1. The van der Waals surface area contributed by atoms with Crippen LogP contribution in [0.5, 0.6) is 0 Å². The molecule has 1 fully saturated rings. The van der Waals surface area contributed by atoms with Gasteiger partial charge in [-0.2, -0.15) is 0 Å². The molecule has 3 N–H and O–H groups in total. The molecule has 0 spiro atoms. The van der Waals surface area contributed by atoms with E-state index in [1.807, 2.05) is 0 Å². The van der Waals surface area contributed by atoms with Gasteiger partial charge >= 0.3 is 5.97 Å². The van der Waals surface area contributed by atoms with Crippen molar-refractivity contribution in [2.75, 3.05) is 7.05 Å². The number of fused-ring (bicyclic) bond motifs is 1. The van der Waals surface area contributed by atoms with Crippen molar-refractivity contribution in [2.24, 2.45) is 5.92 Å². The number of nitrogens with zero attached hydrogens (tertiary/aromatic N) is 1. The summed E-state index contributed by atoms with van der Waals surface area (Å²) in [5.41, 5.74) is 1.99. The van der Waals surface area contributed by atoms with Crippen LogP contribution < -0.4 is 5.32 Å². The molecule has 2 aliphatic rings. The van der Waals surface area contributed by atoms with E-state index >= 15 is 0 Å². The lowest BCUT2D eigenvalue weighted by molar-refractivity contribution is -0.161. The van der Waals surface area contributed by atoms with Crippen LogP contribution >= 0.6 is 0 Å². The van der Waals surface area contributed by atoms with Crippen molar-refractivity contribution in [2.45, 2.75) is 31.9 Å². The number of β-lactam (4-membered cyclic amide) rings is 1. The van der Waals surface area contributed by atoms with Gasteiger partial charge in [-0.25, -0.2) is 4.79 Å². The van der Waals surface area contributed by atoms with Crippen molar-refractivity contribution >= 4 is 23.4 Å². The molecule has 0 saturated carbocycles. The minimum absolute atomic E-state index is 0.0241. The standard InChI is InChI=1S/C18H20N2O5/c1-9(21)15-13-8-12(16(18(24)25)20(13)17(15)23)11-5-3-4-10(6-11)7-14(22)19-2/h3-6,9,13,15,21H,7-8H2,1-2H3,(H,19,22)(H,24,25)/t9-,13-,15-/m1/s1. The van der Waals surface area contributed by atoms with Gasteiger partial charge in [0.15, 0.2) is 0 Å². The van der Waals surface area contributed by atoms with Gasteiger partial charge in [-0.3, -0.25) is 9.59 Å². The first-order chi connectivity index (χ1) is 11.8. The molecular weight excluding hydrogens is 324 g/mol. The third kappa shape index (κ3) is 2.80. The SMILES string of the molecule is CNC(=O)Cc1cccc(C2=C(C(=O)O)N3C(=O)[C@H]([C@@H](C)O)[C@H]3C2)c1. The molecule has 2 aliphatic heterocycles. The molecule has 0 aromatic heterocycles. The number of amides is 2. The van der Waals surface area contributed by atoms with Gasteiger partial charge in [0, 0.05) is 7.05 Å². The summed E-state index contributed by atoms with van der Waals surface area (Å²) in [4.78, 5) is 36.8. The van der Waals surface area contributed by atoms with Gasteiger partial charge in [-0.05, 0) is 30.0 Å². The van der Waals surface area contributed by atoms with E-state index in [9.17, 15) is 24.6 Å². The topological polar surface area (TPSA) is 107 Å². The number of aliphatic hydroxyl groups excluding tert-OH is 1. The Hall–Kier alpha value is -2.67. The number of benzene rings is 1. The van der Waals surface area contributed by atoms with E-state index in [-0.39, 0.29) is 30.0 Å². The van der Waals surface area contributed by atoms with Crippen molar-refractivity contribution in [3.63, 3.8) is 0 Å². The number of hydrogen-bond donors (Lipinski definition) is 3. The highest BCUT2D eigenvalue weighted by atomic mass is 16.4. The number of aliphatic carboxylic acids is 1. The first-order valence-electron chi connectivity index (χ1n) is 8.12. The molecule has 132 valence electrons. The maximum Gasteiger partial charge on any atom is 0.352 e. The Morgan fingerprint density at radius 3 is 2.72 bits per heavy atom. The van der Waals surface area contributed by atoms with Crippen molar-refractivity contribution in [1.82, 2.24) is 10.2 Å². The fourth-order valence-electron chi connectivity index (χ4n) is 3.67. The summed E-state index contributed by atoms with van der Waals surface area (Å²) < 4.78 is 0. The smallest absolute Gasteiger partial charge is 0.352 e. The second-order valence-corrected chi connectivity index (χ2v) is 6.43. The molecule has 1 saturated heterocycles. The number of carboxylic acids is 1. The van der Waals surface area contributed by atoms with Crippen molar-refractivity contribution in [1.29, 1.82) is 0 Å². The quantitative estimate of drug-likeness (QED) is 0.670. The van der Waals surface area contributed by atoms with Crippen LogP contribution in [0, 0.1) is 5.92 Å². The zero-order chi connectivity index (χ0) is 18.3. The summed E-state index contributed by atoms with van der Waals surface area (Å²) >= 11 is 0. The normalized spacial score (nSPS) is 23.2. The van der Waals surface area contributed by atoms with Crippen LogP contribution in [0.4, 0.5) is 0 Å². The lowest BCUT2D eigenvalue weighted by Crippen LogP contribution is -2.61. The number of carboxylic acid groups (broad SMARTS) is 1. The second-order valence-electron chi connectivity index (χ2n) is 6.43. The van der Waals surface area contributed by atoms with E-state index in [2.05, 4.69) is 5.32 Å². The first-order valence-corrected chi connectivity index (χ1v) is 8.12. The molecule has 1 aromatic rings. The fraction of sp³-hybridized carbons (Fsp3) is 0.389. The predicted molar refractivity (Wildman–Crippen MR) is 89.2 cm³/mol. The largest absolute Gasteiger partial charge is 0.477 e. The van der Waals surface area contributed by atoms with E-state index in [0.717, 1.165) is 5.56 Å². The van der Waals surface area contributed by atoms with Crippen LogP contribution in [-0.2, 0) is 20.8 Å². The molecule has 25 heavy (non-hydrogen) atoms. The average molecular weight is 344 g/mol. The van der Waals surface area contributed by atoms with Gasteiger partial charge in [0.25, 0.3) is 0 Å². The van der Waals surface area contributed by atoms with Gasteiger partial charge in [-0.1, -0.05) is 24.3 Å². The Bertz CT molecular complexity index is 783. The first kappa shape index (κ1) is 17.2. The van der Waals surface area contributed by atoms with E-state index < -0.39 is 18.0 Å². The predicted octanol–water partition coefficient (Wildman–Crippen LogP) is 0.382. The maximum absolute atomic E-state index is 12.2. The zero-order valence-electron chi connectivity index (χ0n) is 14.0. The Morgan fingerprint density at radius 2 is 2.12 bits per heavy atom. The third-order valence-electron chi connectivity index (χ3n) is 4.85. The Balaban J connectivity index is 1.96. The van der Waals surface area contributed by atoms with Gasteiger partial charge < -0.3 is 20.4 Å². The number of hydrogen-bond acceptors (Lipinski definition) is 4. The molecule has 3 atom stereocenters. The van der Waals surface area contributed by atoms with Gasteiger partial charge in [0.1, 0.15) is 5.70 Å². The van der Waals surface area contributed by atoms with Crippen molar-refractivity contribution < 1.29 is 24.6 Å². The molecule has 2 amide bonds. The molecular formula is C18H20N2O5. The summed E-state index contributed by atoms with van der Waals surface area (Å²) in [5, 5.41) is 21.9. The van der Waals surface area contributed by atoms with Gasteiger partial charge in [0.2, 0.25) is 11.8 Å². The van der Waals surface area contributed by atoms with Crippen LogP contribution in [0.2, 0.25) is 0 Å². The summed E-state index contributed by atoms with van der Waals surface area (Å²) in [6.07, 6.45) is -0.239. The average Bonchev–Trinajstić information content (AvgIpc) is 2.89. The van der Waals surface area contributed by atoms with Gasteiger partial charge in [-0.15, -0.1) is 0 Å². The highest BCUT2D eigenvalue weighted by Gasteiger charge is 2.56. The number of aliphatic hydroxyl groups is 1. The Morgan fingerprint density at radius 1 is 1.40 bits per heavy atom. The Kier molecular flexibility index (Phi) is 4.34. The number of likely N-dealkylation sites (N-methyl/N-ethyl adjacent to an activating group) is 1. The van der Waals surface area contributed by atoms with E-state index in [0.29, 0.717) is 17.6 Å². The summed E-state index contributed by atoms with van der Waals surface area (Å²) in [5.74, 6) is -2.22. The molecule has 0 radical (unpaired) electrons. The number of carbonyl (C=O) groups is 3. The molecule has 0 bridgehead atoms. The highest BCUT2D eigenvalue weighted by Crippen LogP contribution is 2.46. The minimum atomic E-state index is -1.16. The van der Waals surface area contributed by atoms with Crippen LogP contribution in [0.3, 0.4) is 0 Å². The molecule has 1 aromatic carbocycles. The van der Waals surface area contributed by atoms with Crippen LogP contribution in [0.15, 0.2) is 30.0 Å². The summed E-state index contributed by atoms with van der Waals surface area (Å²) in [6, 6.07) is 6.80. The molecule has 7 nitrogen and oxygen atoms in total. The monoisotopic (exact) mass is 344 g/mol. The molecule has 0 aliphatic carbocycles. The number of rotatable bonds is 5. The highest BCUT2D eigenvalue weighted by molar-refractivity contribution is 6.06. The van der Waals surface area contributed by atoms with E-state index in [4.69, 9.17) is 0 Å². The zero-order valence-corrected chi connectivity index (χ0v) is 14.0. The van der Waals surface area contributed by atoms with E-state index in [1.54, 1.807) is 38.2 Å². The summed E-state index contributed by atoms with van der Waals surface area (Å²) in [7, 11) is 1.56. The maximum atomic E-state index is 12.2. The third-order valence-corrected chi connectivity index (χ3v) is 4.85. The molecule has 3 rings (SSSR count). The second kappa shape index (κ2) is 6.33. The van der Waals surface area contributed by atoms with Crippen LogP contribution in [-0.4, -0.2) is 52.1 Å².